The molecule has 0 radical (unpaired) electrons. The highest BCUT2D eigenvalue weighted by atomic mass is 16.1. The molecule has 0 spiro atoms. The lowest BCUT2D eigenvalue weighted by Gasteiger charge is -2.35. The van der Waals surface area contributed by atoms with Crippen molar-refractivity contribution in [2.75, 3.05) is 11.9 Å². The van der Waals surface area contributed by atoms with Gasteiger partial charge in [0.25, 0.3) is 0 Å². The average molecular weight is 259 g/mol. The molecule has 0 fully saturated rings. The van der Waals surface area contributed by atoms with Gasteiger partial charge in [0.15, 0.2) is 12.1 Å². The Balaban J connectivity index is 2.53. The van der Waals surface area contributed by atoms with Crippen molar-refractivity contribution in [3.05, 3.63) is 30.1 Å². The number of anilines is 1. The Kier molecular flexibility index (Phi) is 3.35. The van der Waals surface area contributed by atoms with Crippen LogP contribution in [0.15, 0.2) is 24.4 Å². The molecule has 0 aliphatic carbocycles. The molecular formula is C15H21N3O. The van der Waals surface area contributed by atoms with Crippen molar-refractivity contribution in [3.8, 4) is 0 Å². The van der Waals surface area contributed by atoms with Crippen LogP contribution in [0.3, 0.4) is 0 Å². The van der Waals surface area contributed by atoms with Crippen molar-refractivity contribution in [1.29, 1.82) is 0 Å². The molecule has 1 unspecified atom stereocenters. The molecule has 2 heterocycles. The van der Waals surface area contributed by atoms with E-state index in [0.717, 1.165) is 17.8 Å². The quantitative estimate of drug-likeness (QED) is 0.795. The molecule has 2 aromatic rings. The Hall–Kier alpha value is -1.84. The van der Waals surface area contributed by atoms with E-state index in [4.69, 9.17) is 0 Å². The molecule has 0 aliphatic heterocycles. The number of aldehydes is 1. The Morgan fingerprint density at radius 3 is 2.63 bits per heavy atom. The van der Waals surface area contributed by atoms with Crippen LogP contribution in [0.5, 0.6) is 0 Å². The van der Waals surface area contributed by atoms with Crippen LogP contribution in [-0.4, -0.2) is 28.8 Å². The van der Waals surface area contributed by atoms with Crippen LogP contribution in [0.1, 0.15) is 38.2 Å². The van der Waals surface area contributed by atoms with Crippen LogP contribution in [0.25, 0.3) is 5.65 Å². The number of aromatic nitrogens is 2. The third-order valence-electron chi connectivity index (χ3n) is 3.83. The standard InChI is InChI=1S/C15H21N3O/c1-11(15(2,3)4)17(5)14-12(10-19)18-9-7-6-8-13(18)16-14/h6-11H,1-5H3. The van der Waals surface area contributed by atoms with Gasteiger partial charge in [-0.05, 0) is 24.5 Å². The van der Waals surface area contributed by atoms with Crippen LogP contribution in [0, 0.1) is 5.41 Å². The molecule has 0 bridgehead atoms. The maximum absolute atomic E-state index is 11.4. The Labute approximate surface area is 114 Å². The summed E-state index contributed by atoms with van der Waals surface area (Å²) in [7, 11) is 1.99. The van der Waals surface area contributed by atoms with Gasteiger partial charge in [-0.3, -0.25) is 9.20 Å². The molecule has 1 atom stereocenters. The minimum atomic E-state index is 0.116. The second kappa shape index (κ2) is 4.68. The third kappa shape index (κ3) is 2.35. The number of fused-ring (bicyclic) bond motifs is 1. The van der Waals surface area contributed by atoms with Crippen molar-refractivity contribution in [2.24, 2.45) is 5.41 Å². The maximum Gasteiger partial charge on any atom is 0.170 e. The molecule has 2 rings (SSSR count). The van der Waals surface area contributed by atoms with E-state index in [0.29, 0.717) is 5.69 Å². The van der Waals surface area contributed by atoms with Gasteiger partial charge >= 0.3 is 0 Å². The minimum Gasteiger partial charge on any atom is -0.355 e. The zero-order valence-electron chi connectivity index (χ0n) is 12.2. The minimum absolute atomic E-state index is 0.116. The predicted molar refractivity (Wildman–Crippen MR) is 77.9 cm³/mol. The fraction of sp³-hybridized carbons (Fsp3) is 0.467. The van der Waals surface area contributed by atoms with Gasteiger partial charge in [0.2, 0.25) is 0 Å². The first-order chi connectivity index (χ1) is 8.86. The first-order valence-corrected chi connectivity index (χ1v) is 6.51. The highest BCUT2D eigenvalue weighted by Gasteiger charge is 2.27. The Morgan fingerprint density at radius 1 is 1.37 bits per heavy atom. The number of hydrogen-bond donors (Lipinski definition) is 0. The van der Waals surface area contributed by atoms with Crippen molar-refractivity contribution in [1.82, 2.24) is 9.38 Å². The molecule has 2 aromatic heterocycles. The number of hydrogen-bond acceptors (Lipinski definition) is 3. The smallest absolute Gasteiger partial charge is 0.170 e. The summed E-state index contributed by atoms with van der Waals surface area (Å²) in [5, 5.41) is 0. The lowest BCUT2D eigenvalue weighted by molar-refractivity contribution is 0.111. The van der Waals surface area contributed by atoms with E-state index in [9.17, 15) is 4.79 Å². The van der Waals surface area contributed by atoms with Crippen molar-refractivity contribution < 1.29 is 4.79 Å². The monoisotopic (exact) mass is 259 g/mol. The SMILES string of the molecule is CC(N(C)c1nc2ccccn2c1C=O)C(C)(C)C. The van der Waals surface area contributed by atoms with Crippen molar-refractivity contribution in [2.45, 2.75) is 33.7 Å². The summed E-state index contributed by atoms with van der Waals surface area (Å²) in [6, 6.07) is 6.01. The number of carbonyl (C=O) groups is 1. The first kappa shape index (κ1) is 13.6. The second-order valence-corrected chi connectivity index (χ2v) is 6.02. The lowest BCUT2D eigenvalue weighted by Crippen LogP contribution is -2.40. The summed E-state index contributed by atoms with van der Waals surface area (Å²) < 4.78 is 1.83. The van der Waals surface area contributed by atoms with Gasteiger partial charge in [0.05, 0.1) is 0 Å². The summed E-state index contributed by atoms with van der Waals surface area (Å²) in [6.07, 6.45) is 2.74. The van der Waals surface area contributed by atoms with E-state index in [1.807, 2.05) is 35.8 Å². The molecule has 4 heteroatoms. The fourth-order valence-electron chi connectivity index (χ4n) is 2.14. The topological polar surface area (TPSA) is 37.6 Å². The first-order valence-electron chi connectivity index (χ1n) is 6.51. The van der Waals surface area contributed by atoms with Crippen LogP contribution >= 0.6 is 0 Å². The van der Waals surface area contributed by atoms with E-state index >= 15 is 0 Å². The number of imidazole rings is 1. The van der Waals surface area contributed by atoms with Crippen LogP contribution < -0.4 is 4.90 Å². The average Bonchev–Trinajstić information content (AvgIpc) is 2.74. The van der Waals surface area contributed by atoms with Gasteiger partial charge in [0, 0.05) is 19.3 Å². The summed E-state index contributed by atoms with van der Waals surface area (Å²) in [5.74, 6) is 0.739. The molecule has 4 nitrogen and oxygen atoms in total. The molecule has 0 aliphatic rings. The third-order valence-corrected chi connectivity index (χ3v) is 3.83. The Bertz CT molecular complexity index is 595. The van der Waals surface area contributed by atoms with E-state index in [1.165, 1.54) is 0 Å². The summed E-state index contributed by atoms with van der Waals surface area (Å²) in [5.41, 5.74) is 1.52. The normalized spacial score (nSPS) is 13.5. The largest absolute Gasteiger partial charge is 0.355 e. The zero-order chi connectivity index (χ0) is 14.2. The van der Waals surface area contributed by atoms with Crippen LogP contribution in [0.4, 0.5) is 5.82 Å². The summed E-state index contributed by atoms with van der Waals surface area (Å²) in [4.78, 5) is 18.0. The van der Waals surface area contributed by atoms with Gasteiger partial charge < -0.3 is 4.90 Å². The van der Waals surface area contributed by atoms with Crippen LogP contribution in [0.2, 0.25) is 0 Å². The van der Waals surface area contributed by atoms with Gasteiger partial charge in [-0.1, -0.05) is 26.8 Å². The zero-order valence-corrected chi connectivity index (χ0v) is 12.2. The molecule has 0 aromatic carbocycles. The number of pyridine rings is 1. The van der Waals surface area contributed by atoms with E-state index < -0.39 is 0 Å². The lowest BCUT2D eigenvalue weighted by atomic mass is 9.87. The highest BCUT2D eigenvalue weighted by Crippen LogP contribution is 2.28. The van der Waals surface area contributed by atoms with E-state index in [-0.39, 0.29) is 11.5 Å². The molecular weight excluding hydrogens is 238 g/mol. The highest BCUT2D eigenvalue weighted by molar-refractivity contribution is 5.83. The molecule has 19 heavy (non-hydrogen) atoms. The summed E-state index contributed by atoms with van der Waals surface area (Å²) in [6.45, 7) is 8.71. The van der Waals surface area contributed by atoms with E-state index in [2.05, 4.69) is 37.6 Å². The molecule has 0 amide bonds. The molecule has 0 saturated carbocycles. The molecule has 0 saturated heterocycles. The Morgan fingerprint density at radius 2 is 2.05 bits per heavy atom. The van der Waals surface area contributed by atoms with Crippen molar-refractivity contribution >= 4 is 17.8 Å². The number of rotatable bonds is 3. The van der Waals surface area contributed by atoms with Gasteiger partial charge in [0.1, 0.15) is 11.3 Å². The van der Waals surface area contributed by atoms with Gasteiger partial charge in [-0.15, -0.1) is 0 Å². The fourth-order valence-corrected chi connectivity index (χ4v) is 2.14. The predicted octanol–water partition coefficient (Wildman–Crippen LogP) is 3.02. The molecule has 102 valence electrons. The van der Waals surface area contributed by atoms with E-state index in [1.54, 1.807) is 0 Å². The second-order valence-electron chi connectivity index (χ2n) is 6.02. The number of carbonyl (C=O) groups excluding carboxylic acids is 1. The molecule has 0 N–H and O–H groups in total. The summed E-state index contributed by atoms with van der Waals surface area (Å²) >= 11 is 0. The van der Waals surface area contributed by atoms with Gasteiger partial charge in [-0.25, -0.2) is 4.98 Å². The van der Waals surface area contributed by atoms with Crippen LogP contribution in [-0.2, 0) is 0 Å². The van der Waals surface area contributed by atoms with Crippen molar-refractivity contribution in [3.63, 3.8) is 0 Å². The van der Waals surface area contributed by atoms with Gasteiger partial charge in [-0.2, -0.15) is 0 Å². The number of nitrogens with zero attached hydrogens (tertiary/aromatic N) is 3. The maximum atomic E-state index is 11.4.